The van der Waals surface area contributed by atoms with Crippen LogP contribution in [0.3, 0.4) is 0 Å². The number of hydrogen-bond acceptors (Lipinski definition) is 2. The summed E-state index contributed by atoms with van der Waals surface area (Å²) in [5.74, 6) is -1.72. The van der Waals surface area contributed by atoms with Gasteiger partial charge in [-0.15, -0.1) is 0 Å². The largest absolute Gasteiger partial charge is 0.395 e. The molecule has 0 unspecified atom stereocenters. The van der Waals surface area contributed by atoms with Crippen molar-refractivity contribution in [1.29, 1.82) is 0 Å². The maximum Gasteiger partial charge on any atom is 0.319 e. The maximum atomic E-state index is 13.3. The molecule has 0 bridgehead atoms. The smallest absolute Gasteiger partial charge is 0.319 e. The van der Waals surface area contributed by atoms with Crippen LogP contribution in [0.4, 0.5) is 25.0 Å². The molecule has 2 aromatic carbocycles. The van der Waals surface area contributed by atoms with E-state index in [9.17, 15) is 13.6 Å². The van der Waals surface area contributed by atoms with Crippen molar-refractivity contribution < 1.29 is 13.6 Å². The van der Waals surface area contributed by atoms with Crippen LogP contribution in [0.25, 0.3) is 0 Å². The molecule has 22 heavy (non-hydrogen) atoms. The van der Waals surface area contributed by atoms with Crippen molar-refractivity contribution >= 4 is 17.4 Å². The molecule has 0 aliphatic carbocycles. The number of aryl methyl sites for hydroxylation is 2. The molecule has 2 rings (SSSR count). The third-order valence-corrected chi connectivity index (χ3v) is 3.41. The molecule has 2 aromatic rings. The van der Waals surface area contributed by atoms with E-state index in [-0.39, 0.29) is 11.4 Å². The molecule has 0 radical (unpaired) electrons. The minimum Gasteiger partial charge on any atom is -0.395 e. The molecule has 0 aliphatic heterocycles. The van der Waals surface area contributed by atoms with Gasteiger partial charge in [-0.05, 0) is 36.6 Å². The third kappa shape index (κ3) is 3.52. The number of amides is 2. The van der Waals surface area contributed by atoms with Gasteiger partial charge in [-0.3, -0.25) is 0 Å². The molecule has 116 valence electrons. The average molecular weight is 305 g/mol. The lowest BCUT2D eigenvalue weighted by atomic mass is 10.0. The Kier molecular flexibility index (Phi) is 4.60. The Hall–Kier alpha value is -2.63. The summed E-state index contributed by atoms with van der Waals surface area (Å²) in [4.78, 5) is 11.9. The number of rotatable bonds is 3. The lowest BCUT2D eigenvalue weighted by Crippen LogP contribution is -2.29. The zero-order chi connectivity index (χ0) is 16.3. The van der Waals surface area contributed by atoms with E-state index in [0.717, 1.165) is 22.8 Å². The maximum absolute atomic E-state index is 13.3. The number of anilines is 2. The van der Waals surface area contributed by atoms with Crippen molar-refractivity contribution in [2.24, 2.45) is 0 Å². The highest BCUT2D eigenvalue weighted by atomic mass is 19.1. The predicted octanol–water partition coefficient (Wildman–Crippen LogP) is 3.49. The Bertz CT molecular complexity index is 697. The molecule has 0 heterocycles. The quantitative estimate of drug-likeness (QED) is 0.760. The molecule has 0 aliphatic rings. The summed E-state index contributed by atoms with van der Waals surface area (Å²) >= 11 is 0. The first-order valence-corrected chi connectivity index (χ1v) is 6.73. The molecule has 6 heteroatoms. The molecular formula is C16H17F2N3O. The minimum atomic E-state index is -0.912. The summed E-state index contributed by atoms with van der Waals surface area (Å²) in [6.07, 6.45) is 0. The van der Waals surface area contributed by atoms with E-state index < -0.39 is 17.7 Å². The Morgan fingerprint density at radius 2 is 1.82 bits per heavy atom. The van der Waals surface area contributed by atoms with E-state index in [1.165, 1.54) is 0 Å². The van der Waals surface area contributed by atoms with E-state index in [4.69, 9.17) is 5.73 Å². The predicted molar refractivity (Wildman–Crippen MR) is 82.5 cm³/mol. The summed E-state index contributed by atoms with van der Waals surface area (Å²) < 4.78 is 26.5. The number of carbonyl (C=O) groups excluding carboxylic acids is 1. The highest BCUT2D eigenvalue weighted by molar-refractivity contribution is 5.92. The van der Waals surface area contributed by atoms with Crippen molar-refractivity contribution in [2.45, 2.75) is 20.4 Å². The van der Waals surface area contributed by atoms with Crippen LogP contribution < -0.4 is 16.4 Å². The number of hydrogen-bond donors (Lipinski definition) is 3. The molecule has 4 N–H and O–H groups in total. The van der Waals surface area contributed by atoms with Crippen molar-refractivity contribution in [3.8, 4) is 0 Å². The first kappa shape index (κ1) is 15.8. The Morgan fingerprint density at radius 1 is 1.18 bits per heavy atom. The number of carbonyl (C=O) groups is 1. The van der Waals surface area contributed by atoms with Crippen LogP contribution in [0.1, 0.15) is 16.7 Å². The summed E-state index contributed by atoms with van der Waals surface area (Å²) in [5, 5.41) is 4.99. The number of nitrogens with one attached hydrogen (secondary N) is 2. The number of urea groups is 1. The Morgan fingerprint density at radius 3 is 2.45 bits per heavy atom. The second-order valence-corrected chi connectivity index (χ2v) is 5.03. The molecule has 0 saturated heterocycles. The van der Waals surface area contributed by atoms with Gasteiger partial charge < -0.3 is 16.4 Å². The van der Waals surface area contributed by atoms with Crippen LogP contribution in [0.2, 0.25) is 0 Å². The van der Waals surface area contributed by atoms with Crippen molar-refractivity contribution in [2.75, 3.05) is 11.1 Å². The van der Waals surface area contributed by atoms with Crippen LogP contribution in [0.5, 0.6) is 0 Å². The van der Waals surface area contributed by atoms with E-state index in [2.05, 4.69) is 10.6 Å². The van der Waals surface area contributed by atoms with Gasteiger partial charge in [-0.25, -0.2) is 13.6 Å². The van der Waals surface area contributed by atoms with Gasteiger partial charge in [0.15, 0.2) is 5.82 Å². The molecule has 0 saturated carbocycles. The molecular weight excluding hydrogens is 288 g/mol. The fraction of sp³-hybridized carbons (Fsp3) is 0.188. The molecule has 2 amide bonds. The first-order valence-electron chi connectivity index (χ1n) is 6.73. The normalized spacial score (nSPS) is 10.4. The van der Waals surface area contributed by atoms with Gasteiger partial charge in [0.05, 0.1) is 11.4 Å². The first-order chi connectivity index (χ1) is 10.4. The highest BCUT2D eigenvalue weighted by Crippen LogP contribution is 2.23. The van der Waals surface area contributed by atoms with Gasteiger partial charge >= 0.3 is 6.03 Å². The SMILES string of the molecule is Cc1cccc(C)c1CNC(=O)Nc1cc(F)cc(F)c1N. The fourth-order valence-corrected chi connectivity index (χ4v) is 2.15. The Balaban J connectivity index is 2.05. The molecule has 0 aromatic heterocycles. The second-order valence-electron chi connectivity index (χ2n) is 5.03. The van der Waals surface area contributed by atoms with Crippen LogP contribution in [0.15, 0.2) is 30.3 Å². The topological polar surface area (TPSA) is 67.2 Å². The lowest BCUT2D eigenvalue weighted by molar-refractivity contribution is 0.251. The molecule has 0 atom stereocenters. The van der Waals surface area contributed by atoms with Crippen molar-refractivity contribution in [1.82, 2.24) is 5.32 Å². The zero-order valence-corrected chi connectivity index (χ0v) is 12.3. The lowest BCUT2D eigenvalue weighted by Gasteiger charge is -2.13. The third-order valence-electron chi connectivity index (χ3n) is 3.41. The van der Waals surface area contributed by atoms with E-state index in [1.54, 1.807) is 0 Å². The van der Waals surface area contributed by atoms with Crippen LogP contribution in [0, 0.1) is 25.5 Å². The average Bonchev–Trinajstić information content (AvgIpc) is 2.43. The highest BCUT2D eigenvalue weighted by Gasteiger charge is 2.11. The standard InChI is InChI=1S/C16H17F2N3O/c1-9-4-3-5-10(2)12(9)8-20-16(22)21-14-7-11(17)6-13(18)15(14)19/h3-7H,8,19H2,1-2H3,(H2,20,21,22). The van der Waals surface area contributed by atoms with Crippen LogP contribution in [-0.4, -0.2) is 6.03 Å². The number of nitrogen functional groups attached to an aromatic ring is 1. The van der Waals surface area contributed by atoms with Gasteiger partial charge in [0, 0.05) is 12.6 Å². The van der Waals surface area contributed by atoms with Crippen molar-refractivity contribution in [3.05, 3.63) is 58.7 Å². The van der Waals surface area contributed by atoms with Gasteiger partial charge in [0.25, 0.3) is 0 Å². The number of nitrogens with two attached hydrogens (primary N) is 1. The van der Waals surface area contributed by atoms with Crippen LogP contribution in [-0.2, 0) is 6.54 Å². The molecule has 4 nitrogen and oxygen atoms in total. The van der Waals surface area contributed by atoms with Gasteiger partial charge in [0.2, 0.25) is 0 Å². The number of benzene rings is 2. The minimum absolute atomic E-state index is 0.100. The summed E-state index contributed by atoms with van der Waals surface area (Å²) in [7, 11) is 0. The monoisotopic (exact) mass is 305 g/mol. The summed E-state index contributed by atoms with van der Waals surface area (Å²) in [6.45, 7) is 4.20. The zero-order valence-electron chi connectivity index (χ0n) is 12.3. The number of halogens is 2. The van der Waals surface area contributed by atoms with E-state index in [0.29, 0.717) is 12.6 Å². The van der Waals surface area contributed by atoms with Crippen LogP contribution >= 0.6 is 0 Å². The van der Waals surface area contributed by atoms with Gasteiger partial charge in [0.1, 0.15) is 5.82 Å². The van der Waals surface area contributed by atoms with E-state index in [1.807, 2.05) is 32.0 Å². The second kappa shape index (κ2) is 6.43. The summed E-state index contributed by atoms with van der Waals surface area (Å²) in [6, 6.07) is 6.87. The Labute approximate surface area is 127 Å². The molecule has 0 spiro atoms. The molecule has 0 fully saturated rings. The fourth-order valence-electron chi connectivity index (χ4n) is 2.15. The van der Waals surface area contributed by atoms with Gasteiger partial charge in [-0.2, -0.15) is 0 Å². The summed E-state index contributed by atoms with van der Waals surface area (Å²) in [5.41, 5.74) is 8.17. The van der Waals surface area contributed by atoms with Crippen molar-refractivity contribution in [3.63, 3.8) is 0 Å². The van der Waals surface area contributed by atoms with E-state index >= 15 is 0 Å². The van der Waals surface area contributed by atoms with Gasteiger partial charge in [-0.1, -0.05) is 18.2 Å².